The first-order valence-electron chi connectivity index (χ1n) is 6.96. The maximum atomic E-state index is 12.2. The molecule has 0 bridgehead atoms. The number of esters is 2. The Morgan fingerprint density at radius 3 is 2.30 bits per heavy atom. The fraction of sp³-hybridized carbons (Fsp3) is 0.625. The van der Waals surface area contributed by atoms with Crippen molar-refractivity contribution in [2.75, 3.05) is 14.2 Å². The van der Waals surface area contributed by atoms with E-state index in [1.165, 1.54) is 25.4 Å². The average Bonchev–Trinajstić information content (AvgIpc) is 2.80. The minimum atomic E-state index is -1.15. The molecule has 110 valence electrons. The van der Waals surface area contributed by atoms with Crippen molar-refractivity contribution in [3.05, 3.63) is 23.3 Å². The Balaban J connectivity index is 2.41. The zero-order chi connectivity index (χ0) is 14.9. The number of carbonyl (C=O) groups is 2. The maximum Gasteiger partial charge on any atom is 0.323 e. The van der Waals surface area contributed by atoms with Crippen LogP contribution in [-0.4, -0.2) is 26.2 Å². The smallest absolute Gasteiger partial charge is 0.323 e. The summed E-state index contributed by atoms with van der Waals surface area (Å²) in [6, 6.07) is 0. The number of carbonyl (C=O) groups excluding carboxylic acids is 2. The van der Waals surface area contributed by atoms with Crippen LogP contribution in [0.5, 0.6) is 0 Å². The van der Waals surface area contributed by atoms with Gasteiger partial charge in [-0.2, -0.15) is 0 Å². The lowest BCUT2D eigenvalue weighted by molar-refractivity contribution is -0.168. The summed E-state index contributed by atoms with van der Waals surface area (Å²) in [5.41, 5.74) is 1.45. The van der Waals surface area contributed by atoms with E-state index in [0.717, 1.165) is 6.42 Å². The number of ether oxygens (including phenoxy) is 2. The van der Waals surface area contributed by atoms with Gasteiger partial charge in [0, 0.05) is 0 Å². The second-order valence-corrected chi connectivity index (χ2v) is 5.84. The van der Waals surface area contributed by atoms with Gasteiger partial charge in [-0.05, 0) is 44.9 Å². The summed E-state index contributed by atoms with van der Waals surface area (Å²) in [5, 5.41) is 0. The summed E-state index contributed by atoms with van der Waals surface area (Å²) in [5.74, 6) is -0.537. The molecule has 0 saturated heterocycles. The van der Waals surface area contributed by atoms with Gasteiger partial charge in [0.1, 0.15) is 0 Å². The second-order valence-electron chi connectivity index (χ2n) is 5.84. The van der Waals surface area contributed by atoms with Gasteiger partial charge in [-0.15, -0.1) is 0 Å². The Morgan fingerprint density at radius 2 is 1.75 bits per heavy atom. The van der Waals surface area contributed by atoms with Gasteiger partial charge < -0.3 is 9.47 Å². The molecule has 0 aliphatic heterocycles. The van der Waals surface area contributed by atoms with Crippen molar-refractivity contribution in [2.45, 2.75) is 33.1 Å². The monoisotopic (exact) mass is 278 g/mol. The van der Waals surface area contributed by atoms with Crippen LogP contribution in [0.4, 0.5) is 0 Å². The first-order valence-corrected chi connectivity index (χ1v) is 6.96. The third kappa shape index (κ3) is 2.17. The number of hydrogen-bond acceptors (Lipinski definition) is 4. The highest BCUT2D eigenvalue weighted by molar-refractivity contribution is 6.00. The van der Waals surface area contributed by atoms with Gasteiger partial charge in [0.15, 0.2) is 5.41 Å². The summed E-state index contributed by atoms with van der Waals surface area (Å²) in [7, 11) is 2.65. The van der Waals surface area contributed by atoms with Crippen molar-refractivity contribution in [3.63, 3.8) is 0 Å². The van der Waals surface area contributed by atoms with Crippen molar-refractivity contribution < 1.29 is 19.1 Å². The van der Waals surface area contributed by atoms with Crippen LogP contribution < -0.4 is 0 Å². The van der Waals surface area contributed by atoms with E-state index in [2.05, 4.69) is 26.0 Å². The zero-order valence-corrected chi connectivity index (χ0v) is 12.6. The highest BCUT2D eigenvalue weighted by atomic mass is 16.5. The van der Waals surface area contributed by atoms with E-state index in [4.69, 9.17) is 9.47 Å². The molecular weight excluding hydrogens is 256 g/mol. The zero-order valence-electron chi connectivity index (χ0n) is 12.6. The average molecular weight is 278 g/mol. The molecular formula is C16H22O4. The van der Waals surface area contributed by atoms with Crippen LogP contribution in [0.2, 0.25) is 0 Å². The second kappa shape index (κ2) is 5.43. The molecule has 0 amide bonds. The van der Waals surface area contributed by atoms with Crippen LogP contribution >= 0.6 is 0 Å². The summed E-state index contributed by atoms with van der Waals surface area (Å²) < 4.78 is 9.76. The van der Waals surface area contributed by atoms with Crippen molar-refractivity contribution in [1.82, 2.24) is 0 Å². The lowest BCUT2D eigenvalue weighted by Gasteiger charge is -2.23. The van der Waals surface area contributed by atoms with Crippen molar-refractivity contribution in [3.8, 4) is 0 Å². The number of allylic oxidation sites excluding steroid dienone is 4. The van der Waals surface area contributed by atoms with Crippen LogP contribution in [0, 0.1) is 17.3 Å². The van der Waals surface area contributed by atoms with E-state index < -0.39 is 17.4 Å². The molecule has 2 rings (SSSR count). The van der Waals surface area contributed by atoms with Crippen molar-refractivity contribution >= 4 is 11.9 Å². The van der Waals surface area contributed by atoms with Gasteiger partial charge in [0.25, 0.3) is 0 Å². The van der Waals surface area contributed by atoms with E-state index in [9.17, 15) is 9.59 Å². The summed E-state index contributed by atoms with van der Waals surface area (Å²) in [4.78, 5) is 24.4. The van der Waals surface area contributed by atoms with E-state index in [-0.39, 0.29) is 11.8 Å². The molecule has 1 saturated carbocycles. The van der Waals surface area contributed by atoms with Crippen LogP contribution in [-0.2, 0) is 19.1 Å². The van der Waals surface area contributed by atoms with Crippen LogP contribution in [0.1, 0.15) is 33.1 Å². The molecule has 20 heavy (non-hydrogen) atoms. The molecule has 0 heterocycles. The number of rotatable bonds is 2. The van der Waals surface area contributed by atoms with Gasteiger partial charge in [-0.1, -0.05) is 23.3 Å². The molecule has 1 fully saturated rings. The third-order valence-corrected chi connectivity index (χ3v) is 4.86. The highest BCUT2D eigenvalue weighted by Crippen LogP contribution is 2.52. The van der Waals surface area contributed by atoms with Gasteiger partial charge >= 0.3 is 11.9 Å². The van der Waals surface area contributed by atoms with E-state index in [1.54, 1.807) is 0 Å². The molecule has 2 aliphatic rings. The lowest BCUT2D eigenvalue weighted by Crippen LogP contribution is -2.39. The molecule has 0 radical (unpaired) electrons. The third-order valence-electron chi connectivity index (χ3n) is 4.86. The summed E-state index contributed by atoms with van der Waals surface area (Å²) in [6.07, 6.45) is 6.16. The number of hydrogen-bond donors (Lipinski definition) is 0. The Hall–Kier alpha value is -1.58. The highest BCUT2D eigenvalue weighted by Gasteiger charge is 2.57. The lowest BCUT2D eigenvalue weighted by atomic mass is 9.83. The SMILES string of the molecule is COC(=O)C1(C(=O)OC)C[C@@H]2C(C)=C(C)CC=C[C@H]2C1. The number of methoxy groups -OCH3 is 2. The van der Waals surface area contributed by atoms with Crippen LogP contribution in [0.15, 0.2) is 23.3 Å². The first kappa shape index (κ1) is 14.8. The normalized spacial score (nSPS) is 27.8. The number of fused-ring (bicyclic) bond motifs is 1. The Morgan fingerprint density at radius 1 is 1.15 bits per heavy atom. The van der Waals surface area contributed by atoms with E-state index >= 15 is 0 Å². The quantitative estimate of drug-likeness (QED) is 0.442. The molecule has 0 aromatic heterocycles. The minimum Gasteiger partial charge on any atom is -0.468 e. The topological polar surface area (TPSA) is 52.6 Å². The fourth-order valence-electron chi connectivity index (χ4n) is 3.54. The standard InChI is InChI=1S/C16H22O4/c1-10-6-5-7-12-8-16(14(17)19-3,15(18)20-4)9-13(12)11(10)2/h5,7,12-13H,6,8-9H2,1-4H3/t12-,13+/m0/s1. The fourth-order valence-corrected chi connectivity index (χ4v) is 3.54. The largest absolute Gasteiger partial charge is 0.468 e. The molecule has 0 aromatic rings. The first-order chi connectivity index (χ1) is 9.46. The van der Waals surface area contributed by atoms with E-state index in [1.807, 2.05) is 0 Å². The molecule has 0 spiro atoms. The van der Waals surface area contributed by atoms with Gasteiger partial charge in [0.05, 0.1) is 14.2 Å². The molecule has 4 nitrogen and oxygen atoms in total. The molecule has 2 atom stereocenters. The maximum absolute atomic E-state index is 12.2. The van der Waals surface area contributed by atoms with Gasteiger partial charge in [0.2, 0.25) is 0 Å². The Labute approximate surface area is 119 Å². The molecule has 0 unspecified atom stereocenters. The molecule has 0 aromatic carbocycles. The predicted molar refractivity (Wildman–Crippen MR) is 74.8 cm³/mol. The van der Waals surface area contributed by atoms with Gasteiger partial charge in [-0.25, -0.2) is 0 Å². The Kier molecular flexibility index (Phi) is 4.02. The van der Waals surface area contributed by atoms with Crippen LogP contribution in [0.3, 0.4) is 0 Å². The minimum absolute atomic E-state index is 0.200. The predicted octanol–water partition coefficient (Wildman–Crippen LogP) is 2.64. The van der Waals surface area contributed by atoms with Crippen LogP contribution in [0.25, 0.3) is 0 Å². The van der Waals surface area contributed by atoms with Gasteiger partial charge in [-0.3, -0.25) is 9.59 Å². The molecule has 0 N–H and O–H groups in total. The van der Waals surface area contributed by atoms with Crippen molar-refractivity contribution in [1.29, 1.82) is 0 Å². The summed E-state index contributed by atoms with van der Waals surface area (Å²) >= 11 is 0. The molecule has 2 aliphatic carbocycles. The summed E-state index contributed by atoms with van der Waals surface area (Å²) in [6.45, 7) is 4.21. The Bertz CT molecular complexity index is 471. The van der Waals surface area contributed by atoms with E-state index in [0.29, 0.717) is 12.8 Å². The molecule has 4 heteroatoms. The van der Waals surface area contributed by atoms with Crippen molar-refractivity contribution in [2.24, 2.45) is 17.3 Å².